The maximum atomic E-state index is 12.4. The third-order valence-corrected chi connectivity index (χ3v) is 3.04. The Morgan fingerprint density at radius 1 is 1.26 bits per heavy atom. The van der Waals surface area contributed by atoms with Crippen molar-refractivity contribution in [3.8, 4) is 6.07 Å². The third kappa shape index (κ3) is 3.66. The second-order valence-corrected chi connectivity index (χ2v) is 4.57. The van der Waals surface area contributed by atoms with Gasteiger partial charge in [-0.1, -0.05) is 23.9 Å². The third-order valence-electron chi connectivity index (χ3n) is 2.25. The summed E-state index contributed by atoms with van der Waals surface area (Å²) in [5.74, 6) is -2.04. The van der Waals surface area contributed by atoms with Crippen molar-refractivity contribution in [3.05, 3.63) is 48.2 Å². The van der Waals surface area contributed by atoms with E-state index in [2.05, 4.69) is 10.3 Å². The molecule has 0 aliphatic rings. The highest BCUT2D eigenvalue weighted by molar-refractivity contribution is 7.99. The average molecular weight is 277 g/mol. The van der Waals surface area contributed by atoms with E-state index in [9.17, 15) is 8.78 Å². The number of anilines is 2. The lowest BCUT2D eigenvalue weighted by Crippen LogP contribution is -1.96. The van der Waals surface area contributed by atoms with E-state index in [1.807, 2.05) is 6.07 Å². The Kier molecular flexibility index (Phi) is 4.31. The zero-order chi connectivity index (χ0) is 13.7. The largest absolute Gasteiger partial charge is 0.339 e. The summed E-state index contributed by atoms with van der Waals surface area (Å²) < 4.78 is 24.9. The van der Waals surface area contributed by atoms with Crippen LogP contribution in [0.2, 0.25) is 0 Å². The number of hydrogen-bond acceptors (Lipinski definition) is 4. The van der Waals surface area contributed by atoms with Crippen molar-refractivity contribution in [2.45, 2.75) is 10.7 Å². The molecular formula is C13H9F2N3S. The minimum absolute atomic E-state index is 0.432. The van der Waals surface area contributed by atoms with E-state index < -0.39 is 5.76 Å². The van der Waals surface area contributed by atoms with Gasteiger partial charge in [-0.15, -0.1) is 0 Å². The molecule has 1 N–H and O–H groups in total. The van der Waals surface area contributed by atoms with Crippen molar-refractivity contribution < 1.29 is 8.78 Å². The number of hydrogen-bond donors (Lipinski definition) is 1. The van der Waals surface area contributed by atoms with Gasteiger partial charge >= 0.3 is 0 Å². The second kappa shape index (κ2) is 6.16. The number of aromatic nitrogens is 1. The molecule has 2 aromatic rings. The lowest BCUT2D eigenvalue weighted by Gasteiger charge is -2.10. The van der Waals surface area contributed by atoms with E-state index in [1.54, 1.807) is 36.4 Å². The number of nitrogens with zero attached hydrogens (tertiary/aromatic N) is 2. The first-order valence-electron chi connectivity index (χ1n) is 5.36. The van der Waals surface area contributed by atoms with Crippen LogP contribution in [0.5, 0.6) is 0 Å². The molecule has 0 saturated carbocycles. The molecule has 19 heavy (non-hydrogen) atoms. The fourth-order valence-corrected chi connectivity index (χ4v) is 2.07. The van der Waals surface area contributed by atoms with E-state index >= 15 is 0 Å². The predicted octanol–water partition coefficient (Wildman–Crippen LogP) is 4.01. The Labute approximate surface area is 113 Å². The summed E-state index contributed by atoms with van der Waals surface area (Å²) in [5.41, 5.74) is 0.992. The first kappa shape index (κ1) is 13.3. The Balaban J connectivity index is 2.25. The van der Waals surface area contributed by atoms with Gasteiger partial charge < -0.3 is 5.32 Å². The first-order valence-corrected chi connectivity index (χ1v) is 6.24. The summed E-state index contributed by atoms with van der Waals surface area (Å²) in [6.07, 6.45) is 1.49. The van der Waals surface area contributed by atoms with Crippen LogP contribution in [0.15, 0.2) is 47.5 Å². The van der Waals surface area contributed by atoms with E-state index in [0.29, 0.717) is 33.7 Å². The normalized spacial score (nSPS) is 10.2. The fourth-order valence-electron chi connectivity index (χ4n) is 1.48. The van der Waals surface area contributed by atoms with Crippen LogP contribution in [0.4, 0.5) is 20.3 Å². The Hall–Kier alpha value is -2.13. The summed E-state index contributed by atoms with van der Waals surface area (Å²) in [4.78, 5) is 4.48. The molecule has 1 aromatic heterocycles. The number of rotatable bonds is 4. The van der Waals surface area contributed by atoms with E-state index in [-0.39, 0.29) is 0 Å². The summed E-state index contributed by atoms with van der Waals surface area (Å²) >= 11 is 0.466. The minimum atomic E-state index is -2.48. The van der Waals surface area contributed by atoms with Crippen LogP contribution in [0.25, 0.3) is 0 Å². The zero-order valence-electron chi connectivity index (χ0n) is 9.68. The maximum Gasteiger partial charge on any atom is 0.288 e. The highest BCUT2D eigenvalue weighted by Gasteiger charge is 2.10. The summed E-state index contributed by atoms with van der Waals surface area (Å²) in [7, 11) is 0. The summed E-state index contributed by atoms with van der Waals surface area (Å²) in [6.45, 7) is 0. The molecule has 0 atom stereocenters. The first-order chi connectivity index (χ1) is 9.19. The minimum Gasteiger partial charge on any atom is -0.339 e. The van der Waals surface area contributed by atoms with Gasteiger partial charge in [0.15, 0.2) is 0 Å². The number of pyridine rings is 1. The lowest BCUT2D eigenvalue weighted by atomic mass is 10.2. The fraction of sp³-hybridized carbons (Fsp3) is 0.0769. The van der Waals surface area contributed by atoms with Gasteiger partial charge in [0.05, 0.1) is 17.3 Å². The summed E-state index contributed by atoms with van der Waals surface area (Å²) in [5, 5.41) is 11.7. The monoisotopic (exact) mass is 277 g/mol. The quantitative estimate of drug-likeness (QED) is 0.858. The standard InChI is InChI=1S/C13H9F2N3S/c14-13(15)19-11-4-2-1-3-10(11)18-12-7-9(8-16)5-6-17-12/h1-7,13H,(H,17,18). The van der Waals surface area contributed by atoms with Crippen LogP contribution >= 0.6 is 11.8 Å². The van der Waals surface area contributed by atoms with Gasteiger partial charge in [0.25, 0.3) is 5.76 Å². The molecule has 96 valence electrons. The van der Waals surface area contributed by atoms with E-state index in [1.165, 1.54) is 6.20 Å². The number of para-hydroxylation sites is 1. The number of nitriles is 1. The maximum absolute atomic E-state index is 12.4. The number of nitrogens with one attached hydrogen (secondary N) is 1. The SMILES string of the molecule is N#Cc1ccnc(Nc2ccccc2SC(F)F)c1. The van der Waals surface area contributed by atoms with Gasteiger partial charge in [-0.3, -0.25) is 0 Å². The number of halogens is 2. The number of benzene rings is 1. The lowest BCUT2D eigenvalue weighted by molar-refractivity contribution is 0.252. The Morgan fingerprint density at radius 2 is 2.05 bits per heavy atom. The zero-order valence-corrected chi connectivity index (χ0v) is 10.5. The van der Waals surface area contributed by atoms with Crippen LogP contribution in [-0.2, 0) is 0 Å². The molecule has 0 fully saturated rings. The van der Waals surface area contributed by atoms with Gasteiger partial charge in [-0.05, 0) is 24.3 Å². The molecule has 6 heteroatoms. The Morgan fingerprint density at radius 3 is 2.79 bits per heavy atom. The van der Waals surface area contributed by atoms with Crippen LogP contribution < -0.4 is 5.32 Å². The topological polar surface area (TPSA) is 48.7 Å². The van der Waals surface area contributed by atoms with Crippen molar-refractivity contribution in [3.63, 3.8) is 0 Å². The van der Waals surface area contributed by atoms with Crippen molar-refractivity contribution in [2.24, 2.45) is 0 Å². The molecule has 0 unspecified atom stereocenters. The molecule has 3 nitrogen and oxygen atoms in total. The summed E-state index contributed by atoms with van der Waals surface area (Å²) in [6, 6.07) is 11.9. The predicted molar refractivity (Wildman–Crippen MR) is 70.5 cm³/mol. The van der Waals surface area contributed by atoms with Crippen molar-refractivity contribution in [2.75, 3.05) is 5.32 Å². The molecular weight excluding hydrogens is 268 g/mol. The molecule has 0 spiro atoms. The van der Waals surface area contributed by atoms with Crippen molar-refractivity contribution in [1.29, 1.82) is 5.26 Å². The molecule has 0 aliphatic carbocycles. The average Bonchev–Trinajstić information content (AvgIpc) is 2.41. The van der Waals surface area contributed by atoms with Gasteiger partial charge in [-0.25, -0.2) is 4.98 Å². The van der Waals surface area contributed by atoms with Gasteiger partial charge in [0.1, 0.15) is 5.82 Å². The van der Waals surface area contributed by atoms with E-state index in [0.717, 1.165) is 0 Å². The molecule has 0 amide bonds. The molecule has 0 saturated heterocycles. The molecule has 1 aromatic carbocycles. The van der Waals surface area contributed by atoms with Crippen LogP contribution in [0.1, 0.15) is 5.56 Å². The molecule has 0 bridgehead atoms. The molecule has 0 aliphatic heterocycles. The van der Waals surface area contributed by atoms with Crippen molar-refractivity contribution >= 4 is 23.3 Å². The van der Waals surface area contributed by atoms with Gasteiger partial charge in [0.2, 0.25) is 0 Å². The molecule has 0 radical (unpaired) electrons. The van der Waals surface area contributed by atoms with Crippen LogP contribution in [0, 0.1) is 11.3 Å². The molecule has 2 rings (SSSR count). The van der Waals surface area contributed by atoms with Crippen LogP contribution in [-0.4, -0.2) is 10.7 Å². The highest BCUT2D eigenvalue weighted by atomic mass is 32.2. The number of alkyl halides is 2. The Bertz CT molecular complexity index is 611. The smallest absolute Gasteiger partial charge is 0.288 e. The van der Waals surface area contributed by atoms with Gasteiger partial charge in [0, 0.05) is 11.1 Å². The molecule has 1 heterocycles. The van der Waals surface area contributed by atoms with Crippen molar-refractivity contribution in [1.82, 2.24) is 4.98 Å². The second-order valence-electron chi connectivity index (χ2n) is 3.54. The van der Waals surface area contributed by atoms with Gasteiger partial charge in [-0.2, -0.15) is 14.0 Å². The number of thioether (sulfide) groups is 1. The van der Waals surface area contributed by atoms with E-state index in [4.69, 9.17) is 5.26 Å². The highest BCUT2D eigenvalue weighted by Crippen LogP contribution is 2.32. The van der Waals surface area contributed by atoms with Crippen LogP contribution in [0.3, 0.4) is 0 Å².